The molecule has 0 bridgehead atoms. The molecule has 0 heterocycles. The Balaban J connectivity index is 4.29. The van der Waals surface area contributed by atoms with Crippen molar-refractivity contribution in [1.82, 2.24) is 5.32 Å². The third-order valence-electron chi connectivity index (χ3n) is 1.73. The van der Waals surface area contributed by atoms with Crippen molar-refractivity contribution >= 4 is 16.0 Å². The monoisotopic (exact) mass is 209 g/mol. The van der Waals surface area contributed by atoms with E-state index >= 15 is 0 Å². The summed E-state index contributed by atoms with van der Waals surface area (Å²) in [6, 6.07) is 0. The number of hydrogen-bond donors (Lipinski definition) is 2. The van der Waals surface area contributed by atoms with E-state index in [2.05, 4.69) is 5.32 Å². The Morgan fingerprint density at radius 1 is 1.46 bits per heavy atom. The molecule has 0 spiro atoms. The quantitative estimate of drug-likeness (QED) is 0.647. The van der Waals surface area contributed by atoms with Gasteiger partial charge in [-0.05, 0) is 13.8 Å². The molecule has 78 valence electrons. The van der Waals surface area contributed by atoms with Crippen molar-refractivity contribution in [3.05, 3.63) is 0 Å². The summed E-state index contributed by atoms with van der Waals surface area (Å²) in [4.78, 5) is 10.8. The van der Waals surface area contributed by atoms with Crippen LogP contribution in [0.25, 0.3) is 0 Å². The van der Waals surface area contributed by atoms with Crippen LogP contribution in [0.15, 0.2) is 0 Å². The lowest BCUT2D eigenvalue weighted by atomic mass is 10.2. The molecule has 0 aromatic carbocycles. The van der Waals surface area contributed by atoms with E-state index in [0.29, 0.717) is 6.42 Å². The Kier molecular flexibility index (Phi) is 3.87. The van der Waals surface area contributed by atoms with Crippen molar-refractivity contribution in [1.29, 1.82) is 0 Å². The molecule has 0 rings (SSSR count). The Morgan fingerprint density at radius 3 is 2.23 bits per heavy atom. The maximum absolute atomic E-state index is 10.8. The summed E-state index contributed by atoms with van der Waals surface area (Å²) in [5, 5.41) is 2.40. The Morgan fingerprint density at radius 2 is 1.92 bits per heavy atom. The number of amides is 1. The van der Waals surface area contributed by atoms with Crippen LogP contribution in [0, 0.1) is 0 Å². The highest BCUT2D eigenvalue weighted by Crippen LogP contribution is 2.12. The maximum atomic E-state index is 10.8. The fraction of sp³-hybridized carbons (Fsp3) is 0.857. The molecule has 0 aliphatic heterocycles. The van der Waals surface area contributed by atoms with Crippen LogP contribution in [-0.4, -0.2) is 30.2 Å². The molecule has 0 fully saturated rings. The second kappa shape index (κ2) is 4.06. The maximum Gasteiger partial charge on any atom is 0.271 e. The van der Waals surface area contributed by atoms with Crippen molar-refractivity contribution in [2.75, 3.05) is 6.54 Å². The van der Waals surface area contributed by atoms with Gasteiger partial charge in [-0.15, -0.1) is 0 Å². The molecule has 5 nitrogen and oxygen atoms in total. The average Bonchev–Trinajstić information content (AvgIpc) is 1.98. The zero-order valence-corrected chi connectivity index (χ0v) is 8.81. The van der Waals surface area contributed by atoms with E-state index < -0.39 is 14.9 Å². The van der Waals surface area contributed by atoms with Crippen LogP contribution in [0.2, 0.25) is 0 Å². The van der Waals surface area contributed by atoms with Crippen LogP contribution in [0.5, 0.6) is 0 Å². The SMILES string of the molecule is CCC(=O)NCC(C)(C)S(=O)(=O)O. The van der Waals surface area contributed by atoms with Gasteiger partial charge in [0.2, 0.25) is 5.91 Å². The van der Waals surface area contributed by atoms with E-state index in [1.807, 2.05) is 0 Å². The molecular formula is C7H15NO4S. The average molecular weight is 209 g/mol. The van der Waals surface area contributed by atoms with Gasteiger partial charge in [0.15, 0.2) is 0 Å². The van der Waals surface area contributed by atoms with Crippen LogP contribution in [-0.2, 0) is 14.9 Å². The molecule has 0 aromatic heterocycles. The van der Waals surface area contributed by atoms with Crippen molar-refractivity contribution in [2.24, 2.45) is 0 Å². The third kappa shape index (κ3) is 3.73. The molecule has 0 aromatic rings. The minimum atomic E-state index is -4.12. The number of nitrogens with one attached hydrogen (secondary N) is 1. The first-order valence-electron chi connectivity index (χ1n) is 3.94. The van der Waals surface area contributed by atoms with Crippen LogP contribution >= 0.6 is 0 Å². The largest absolute Gasteiger partial charge is 0.354 e. The predicted molar refractivity (Wildman–Crippen MR) is 48.9 cm³/mol. The van der Waals surface area contributed by atoms with Gasteiger partial charge in [-0.3, -0.25) is 9.35 Å². The summed E-state index contributed by atoms with van der Waals surface area (Å²) < 4.78 is 28.9. The van der Waals surface area contributed by atoms with E-state index in [1.54, 1.807) is 6.92 Å². The first-order valence-corrected chi connectivity index (χ1v) is 5.38. The Labute approximate surface area is 78.3 Å². The molecule has 0 unspecified atom stereocenters. The van der Waals surface area contributed by atoms with Gasteiger partial charge in [0, 0.05) is 13.0 Å². The van der Waals surface area contributed by atoms with E-state index in [4.69, 9.17) is 4.55 Å². The lowest BCUT2D eigenvalue weighted by Gasteiger charge is -2.20. The summed E-state index contributed by atoms with van der Waals surface area (Å²) in [5.41, 5.74) is 0. The lowest BCUT2D eigenvalue weighted by molar-refractivity contribution is -0.120. The molecule has 0 radical (unpaired) electrons. The first-order chi connectivity index (χ1) is 5.70. The Bertz CT molecular complexity index is 281. The molecule has 1 amide bonds. The molecule has 0 atom stereocenters. The molecule has 0 aliphatic rings. The van der Waals surface area contributed by atoms with Crippen LogP contribution in [0.1, 0.15) is 27.2 Å². The molecular weight excluding hydrogens is 194 g/mol. The van der Waals surface area contributed by atoms with Crippen LogP contribution in [0.4, 0.5) is 0 Å². The van der Waals surface area contributed by atoms with Gasteiger partial charge in [-0.25, -0.2) is 0 Å². The minimum absolute atomic E-state index is 0.0848. The fourth-order valence-electron chi connectivity index (χ4n) is 0.528. The minimum Gasteiger partial charge on any atom is -0.354 e. The second-order valence-corrected chi connectivity index (χ2v) is 5.42. The number of carbonyl (C=O) groups is 1. The van der Waals surface area contributed by atoms with Gasteiger partial charge in [0.1, 0.15) is 4.75 Å². The lowest BCUT2D eigenvalue weighted by Crippen LogP contribution is -2.43. The highest BCUT2D eigenvalue weighted by molar-refractivity contribution is 7.87. The summed E-state index contributed by atoms with van der Waals surface area (Å²) in [6.07, 6.45) is 0.293. The summed E-state index contributed by atoms with van der Waals surface area (Å²) >= 11 is 0. The fourth-order valence-corrected chi connectivity index (χ4v) is 0.782. The van der Waals surface area contributed by atoms with E-state index in [-0.39, 0.29) is 12.5 Å². The van der Waals surface area contributed by atoms with E-state index in [9.17, 15) is 13.2 Å². The van der Waals surface area contributed by atoms with E-state index in [1.165, 1.54) is 13.8 Å². The Hall–Kier alpha value is -0.620. The second-order valence-electron chi connectivity index (χ2n) is 3.37. The molecule has 13 heavy (non-hydrogen) atoms. The predicted octanol–water partition coefficient (Wildman–Crippen LogP) is 0.179. The van der Waals surface area contributed by atoms with Crippen molar-refractivity contribution in [2.45, 2.75) is 31.9 Å². The number of carbonyl (C=O) groups excluding carboxylic acids is 1. The molecule has 6 heteroatoms. The highest BCUT2D eigenvalue weighted by atomic mass is 32.2. The van der Waals surface area contributed by atoms with Gasteiger partial charge in [-0.2, -0.15) is 8.42 Å². The highest BCUT2D eigenvalue weighted by Gasteiger charge is 2.32. The van der Waals surface area contributed by atoms with Crippen LogP contribution < -0.4 is 5.32 Å². The first kappa shape index (κ1) is 12.4. The third-order valence-corrected chi connectivity index (χ3v) is 3.27. The van der Waals surface area contributed by atoms with Gasteiger partial charge < -0.3 is 5.32 Å². The van der Waals surface area contributed by atoms with Gasteiger partial charge in [-0.1, -0.05) is 6.92 Å². The van der Waals surface area contributed by atoms with Crippen molar-refractivity contribution in [3.63, 3.8) is 0 Å². The number of rotatable bonds is 4. The smallest absolute Gasteiger partial charge is 0.271 e. The van der Waals surface area contributed by atoms with E-state index in [0.717, 1.165) is 0 Å². The van der Waals surface area contributed by atoms with Crippen LogP contribution in [0.3, 0.4) is 0 Å². The van der Waals surface area contributed by atoms with Crippen molar-refractivity contribution < 1.29 is 17.8 Å². The van der Waals surface area contributed by atoms with Gasteiger partial charge in [0.25, 0.3) is 10.1 Å². The topological polar surface area (TPSA) is 83.5 Å². The van der Waals surface area contributed by atoms with Gasteiger partial charge >= 0.3 is 0 Å². The van der Waals surface area contributed by atoms with Crippen molar-refractivity contribution in [3.8, 4) is 0 Å². The summed E-state index contributed by atoms with van der Waals surface area (Å²) in [5.74, 6) is -0.239. The molecule has 0 saturated carbocycles. The zero-order chi connectivity index (χ0) is 10.7. The summed E-state index contributed by atoms with van der Waals surface area (Å²) in [7, 11) is -4.12. The normalized spacial score (nSPS) is 12.6. The molecule has 2 N–H and O–H groups in total. The van der Waals surface area contributed by atoms with Gasteiger partial charge in [0.05, 0.1) is 0 Å². The standard InChI is InChI=1S/C7H15NO4S/c1-4-6(9)8-5-7(2,3)13(10,11)12/h4-5H2,1-3H3,(H,8,9)(H,10,11,12). The zero-order valence-electron chi connectivity index (χ0n) is 7.99. The molecule has 0 aliphatic carbocycles. The summed E-state index contributed by atoms with van der Waals surface area (Å²) in [6.45, 7) is 4.27. The molecule has 0 saturated heterocycles. The number of hydrogen-bond acceptors (Lipinski definition) is 3.